The molecule has 0 aromatic carbocycles. The van der Waals surface area contributed by atoms with Crippen LogP contribution in [0.1, 0.15) is 21.6 Å². The molecule has 26 heavy (non-hydrogen) atoms. The molecule has 1 fully saturated rings. The number of pyridine rings is 2. The van der Waals surface area contributed by atoms with Gasteiger partial charge in [-0.05, 0) is 25.1 Å². The van der Waals surface area contributed by atoms with E-state index >= 15 is 0 Å². The number of rotatable bonds is 2. The third kappa shape index (κ3) is 3.90. The predicted molar refractivity (Wildman–Crippen MR) is 91.3 cm³/mol. The van der Waals surface area contributed by atoms with E-state index in [2.05, 4.69) is 9.97 Å². The van der Waals surface area contributed by atoms with Crippen LogP contribution in [-0.4, -0.2) is 47.0 Å². The molecule has 1 amide bonds. The first kappa shape index (κ1) is 18.4. The molecule has 0 saturated carbocycles. The molecular weight excluding hydrogens is 369 g/mol. The van der Waals surface area contributed by atoms with E-state index in [1.165, 1.54) is 0 Å². The highest BCUT2D eigenvalue weighted by molar-refractivity contribution is 6.33. The standard InChI is InChI=1S/C17H16ClF3N4O/c1-11-2-3-12(9-22-11)16(26)25-6-4-24(5-7-25)15-14(18)8-13(10-23-15)17(19,20)21/h2-3,8-10H,4-7H2,1H3. The van der Waals surface area contributed by atoms with Gasteiger partial charge in [-0.15, -0.1) is 0 Å². The normalized spacial score (nSPS) is 15.3. The van der Waals surface area contributed by atoms with E-state index in [9.17, 15) is 18.0 Å². The van der Waals surface area contributed by atoms with E-state index in [1.807, 2.05) is 6.92 Å². The first-order chi connectivity index (χ1) is 12.3. The van der Waals surface area contributed by atoms with Crippen LogP contribution in [0, 0.1) is 6.92 Å². The summed E-state index contributed by atoms with van der Waals surface area (Å²) in [6.07, 6.45) is -2.17. The van der Waals surface area contributed by atoms with Crippen LogP contribution in [0.15, 0.2) is 30.6 Å². The quantitative estimate of drug-likeness (QED) is 0.796. The molecule has 0 N–H and O–H groups in total. The number of amides is 1. The van der Waals surface area contributed by atoms with Crippen LogP contribution in [0.5, 0.6) is 0 Å². The number of aromatic nitrogens is 2. The van der Waals surface area contributed by atoms with Crippen molar-refractivity contribution in [1.82, 2.24) is 14.9 Å². The average Bonchev–Trinajstić information content (AvgIpc) is 2.61. The van der Waals surface area contributed by atoms with Gasteiger partial charge < -0.3 is 9.80 Å². The number of piperazine rings is 1. The third-order valence-corrected chi connectivity index (χ3v) is 4.45. The summed E-state index contributed by atoms with van der Waals surface area (Å²) in [5.74, 6) is 0.174. The maximum atomic E-state index is 12.7. The Morgan fingerprint density at radius 1 is 1.12 bits per heavy atom. The number of aryl methyl sites for hydroxylation is 1. The summed E-state index contributed by atoms with van der Waals surface area (Å²) in [5, 5.41) is -0.0534. The molecule has 0 atom stereocenters. The van der Waals surface area contributed by atoms with Gasteiger partial charge in [-0.2, -0.15) is 13.2 Å². The minimum absolute atomic E-state index is 0.0534. The summed E-state index contributed by atoms with van der Waals surface area (Å²) >= 11 is 5.99. The molecule has 2 aromatic heterocycles. The van der Waals surface area contributed by atoms with Crippen LogP contribution in [0.2, 0.25) is 5.02 Å². The van der Waals surface area contributed by atoms with Crippen molar-refractivity contribution in [3.63, 3.8) is 0 Å². The van der Waals surface area contributed by atoms with Gasteiger partial charge in [-0.3, -0.25) is 9.78 Å². The Bertz CT molecular complexity index is 803. The number of halogens is 4. The number of hydrogen-bond acceptors (Lipinski definition) is 4. The van der Waals surface area contributed by atoms with Gasteiger partial charge in [-0.1, -0.05) is 11.6 Å². The van der Waals surface area contributed by atoms with Crippen molar-refractivity contribution in [3.05, 3.63) is 52.4 Å². The largest absolute Gasteiger partial charge is 0.417 e. The topological polar surface area (TPSA) is 49.3 Å². The fraction of sp³-hybridized carbons (Fsp3) is 0.353. The second kappa shape index (κ2) is 7.11. The summed E-state index contributed by atoms with van der Waals surface area (Å²) in [7, 11) is 0. The van der Waals surface area contributed by atoms with E-state index in [4.69, 9.17) is 11.6 Å². The number of nitrogens with zero attached hydrogens (tertiary/aromatic N) is 4. The molecule has 0 spiro atoms. The van der Waals surface area contributed by atoms with E-state index in [1.54, 1.807) is 28.1 Å². The zero-order chi connectivity index (χ0) is 18.9. The van der Waals surface area contributed by atoms with Crippen LogP contribution < -0.4 is 4.90 Å². The summed E-state index contributed by atoms with van der Waals surface area (Å²) in [5.41, 5.74) is 0.455. The van der Waals surface area contributed by atoms with Crippen molar-refractivity contribution in [3.8, 4) is 0 Å². The van der Waals surface area contributed by atoms with Crippen molar-refractivity contribution in [2.75, 3.05) is 31.1 Å². The zero-order valence-corrected chi connectivity index (χ0v) is 14.7. The van der Waals surface area contributed by atoms with Crippen molar-refractivity contribution < 1.29 is 18.0 Å². The van der Waals surface area contributed by atoms with E-state index in [0.717, 1.165) is 18.0 Å². The van der Waals surface area contributed by atoms with Gasteiger partial charge in [0.25, 0.3) is 5.91 Å². The molecule has 1 aliphatic heterocycles. The Morgan fingerprint density at radius 3 is 2.35 bits per heavy atom. The SMILES string of the molecule is Cc1ccc(C(=O)N2CCN(c3ncc(C(F)(F)F)cc3Cl)CC2)cn1. The lowest BCUT2D eigenvalue weighted by molar-refractivity contribution is -0.137. The second-order valence-corrected chi connectivity index (χ2v) is 6.40. The fourth-order valence-corrected chi connectivity index (χ4v) is 3.00. The Hall–Kier alpha value is -2.35. The third-order valence-electron chi connectivity index (χ3n) is 4.17. The number of carbonyl (C=O) groups excluding carboxylic acids is 1. The fourth-order valence-electron chi connectivity index (χ4n) is 2.72. The highest BCUT2D eigenvalue weighted by Gasteiger charge is 2.32. The van der Waals surface area contributed by atoms with Crippen LogP contribution in [0.25, 0.3) is 0 Å². The molecule has 1 aliphatic rings. The summed E-state index contributed by atoms with van der Waals surface area (Å²) < 4.78 is 38.1. The lowest BCUT2D eigenvalue weighted by atomic mass is 10.2. The van der Waals surface area contributed by atoms with Gasteiger partial charge >= 0.3 is 6.18 Å². The number of hydrogen-bond donors (Lipinski definition) is 0. The van der Waals surface area contributed by atoms with E-state index in [-0.39, 0.29) is 10.9 Å². The average molecular weight is 385 g/mol. The van der Waals surface area contributed by atoms with Gasteiger partial charge in [-0.25, -0.2) is 4.98 Å². The van der Waals surface area contributed by atoms with Gasteiger partial charge in [0.05, 0.1) is 16.1 Å². The minimum atomic E-state index is -4.48. The molecule has 0 unspecified atom stereocenters. The molecule has 1 saturated heterocycles. The van der Waals surface area contributed by atoms with Crippen LogP contribution in [0.3, 0.4) is 0 Å². The Labute approximate surface area is 153 Å². The van der Waals surface area contributed by atoms with Crippen molar-refractivity contribution in [1.29, 1.82) is 0 Å². The molecule has 0 radical (unpaired) electrons. The van der Waals surface area contributed by atoms with E-state index < -0.39 is 11.7 Å². The maximum absolute atomic E-state index is 12.7. The molecular formula is C17H16ClF3N4O. The number of anilines is 1. The lowest BCUT2D eigenvalue weighted by Gasteiger charge is -2.35. The molecule has 2 aromatic rings. The molecule has 3 rings (SSSR count). The molecule has 0 aliphatic carbocycles. The molecule has 3 heterocycles. The molecule has 0 bridgehead atoms. The molecule has 9 heteroatoms. The number of carbonyl (C=O) groups is 1. The second-order valence-electron chi connectivity index (χ2n) is 5.99. The number of alkyl halides is 3. The molecule has 138 valence electrons. The zero-order valence-electron chi connectivity index (χ0n) is 13.9. The maximum Gasteiger partial charge on any atom is 0.417 e. The minimum Gasteiger partial charge on any atom is -0.352 e. The summed E-state index contributed by atoms with van der Waals surface area (Å²) in [6.45, 7) is 3.55. The van der Waals surface area contributed by atoms with Crippen molar-refractivity contribution in [2.45, 2.75) is 13.1 Å². The van der Waals surface area contributed by atoms with Crippen molar-refractivity contribution >= 4 is 23.3 Å². The Morgan fingerprint density at radius 2 is 1.81 bits per heavy atom. The van der Waals surface area contributed by atoms with E-state index in [0.29, 0.717) is 37.6 Å². The van der Waals surface area contributed by atoms with Crippen LogP contribution in [0.4, 0.5) is 19.0 Å². The Kier molecular flexibility index (Phi) is 5.04. The first-order valence-electron chi connectivity index (χ1n) is 7.95. The highest BCUT2D eigenvalue weighted by atomic mass is 35.5. The predicted octanol–water partition coefficient (Wildman–Crippen LogP) is 3.42. The van der Waals surface area contributed by atoms with Gasteiger partial charge in [0, 0.05) is 44.3 Å². The lowest BCUT2D eigenvalue weighted by Crippen LogP contribution is -2.49. The monoisotopic (exact) mass is 384 g/mol. The van der Waals surface area contributed by atoms with Gasteiger partial charge in [0.2, 0.25) is 0 Å². The van der Waals surface area contributed by atoms with Crippen LogP contribution >= 0.6 is 11.6 Å². The first-order valence-corrected chi connectivity index (χ1v) is 8.33. The van der Waals surface area contributed by atoms with Gasteiger partial charge in [0.1, 0.15) is 5.82 Å². The van der Waals surface area contributed by atoms with Crippen LogP contribution in [-0.2, 0) is 6.18 Å². The summed E-state index contributed by atoms with van der Waals surface area (Å²) in [6, 6.07) is 4.38. The highest BCUT2D eigenvalue weighted by Crippen LogP contribution is 2.33. The smallest absolute Gasteiger partial charge is 0.352 e. The molecule has 5 nitrogen and oxygen atoms in total. The van der Waals surface area contributed by atoms with Crippen molar-refractivity contribution in [2.24, 2.45) is 0 Å². The van der Waals surface area contributed by atoms with Gasteiger partial charge in [0.15, 0.2) is 0 Å². The summed E-state index contributed by atoms with van der Waals surface area (Å²) in [4.78, 5) is 23.9. The Balaban J connectivity index is 1.67.